The van der Waals surface area contributed by atoms with Crippen molar-refractivity contribution in [2.75, 3.05) is 47.6 Å². The van der Waals surface area contributed by atoms with Crippen LogP contribution in [-0.2, 0) is 9.53 Å². The molecule has 31 heavy (non-hydrogen) atoms. The van der Waals surface area contributed by atoms with Crippen LogP contribution in [0, 0.1) is 5.92 Å². The van der Waals surface area contributed by atoms with Crippen LogP contribution >= 0.6 is 11.6 Å². The first-order valence-electron chi connectivity index (χ1n) is 10.0. The van der Waals surface area contributed by atoms with E-state index in [2.05, 4.69) is 5.32 Å². The first-order chi connectivity index (χ1) is 15.0. The maximum Gasteiger partial charge on any atom is 0.253 e. The molecule has 1 N–H and O–H groups in total. The van der Waals surface area contributed by atoms with Crippen molar-refractivity contribution >= 4 is 23.4 Å². The molecule has 1 aliphatic heterocycles. The number of likely N-dealkylation sites (tertiary alicyclic amines) is 1. The van der Waals surface area contributed by atoms with Gasteiger partial charge in [-0.25, -0.2) is 0 Å². The molecule has 0 radical (unpaired) electrons. The molecule has 0 aromatic heterocycles. The topological polar surface area (TPSA) is 77.1 Å². The standard InChI is InChI=1S/C23H27ClN2O5/c1-29-11-10-25-22(27)19-14-26(23(28)15-6-4-7-16(24)12-15)13-18(19)17-8-5-9-20(30-2)21(17)31-3/h4-9,12,18-19H,10-11,13-14H2,1-3H3,(H,25,27)/t18-,19-/m0/s1. The Morgan fingerprint density at radius 3 is 2.55 bits per heavy atom. The van der Waals surface area contributed by atoms with E-state index in [0.29, 0.717) is 41.8 Å². The van der Waals surface area contributed by atoms with E-state index in [-0.39, 0.29) is 24.3 Å². The molecule has 166 valence electrons. The Morgan fingerprint density at radius 1 is 1.10 bits per heavy atom. The number of hydrogen-bond donors (Lipinski definition) is 1. The Labute approximate surface area is 187 Å². The van der Waals surface area contributed by atoms with Crippen LogP contribution in [0.4, 0.5) is 0 Å². The van der Waals surface area contributed by atoms with Crippen molar-refractivity contribution in [3.8, 4) is 11.5 Å². The van der Waals surface area contributed by atoms with E-state index in [4.69, 9.17) is 25.8 Å². The highest BCUT2D eigenvalue weighted by Gasteiger charge is 2.42. The molecule has 1 saturated heterocycles. The lowest BCUT2D eigenvalue weighted by Gasteiger charge is -2.21. The van der Waals surface area contributed by atoms with Gasteiger partial charge in [0.15, 0.2) is 11.5 Å². The van der Waals surface area contributed by atoms with Crippen molar-refractivity contribution in [2.24, 2.45) is 5.92 Å². The molecule has 2 aromatic carbocycles. The molecular formula is C23H27ClN2O5. The predicted octanol–water partition coefficient (Wildman–Crippen LogP) is 2.98. The van der Waals surface area contributed by atoms with Crippen LogP contribution in [0.5, 0.6) is 11.5 Å². The number of benzene rings is 2. The smallest absolute Gasteiger partial charge is 0.253 e. The van der Waals surface area contributed by atoms with E-state index < -0.39 is 5.92 Å². The van der Waals surface area contributed by atoms with Crippen LogP contribution in [0.25, 0.3) is 0 Å². The van der Waals surface area contributed by atoms with Gasteiger partial charge in [0.05, 0.1) is 26.7 Å². The minimum absolute atomic E-state index is 0.131. The molecular weight excluding hydrogens is 420 g/mol. The van der Waals surface area contributed by atoms with Gasteiger partial charge in [-0.1, -0.05) is 29.8 Å². The maximum atomic E-state index is 13.1. The van der Waals surface area contributed by atoms with Gasteiger partial charge >= 0.3 is 0 Å². The van der Waals surface area contributed by atoms with Crippen LogP contribution in [0.1, 0.15) is 21.8 Å². The fraction of sp³-hybridized carbons (Fsp3) is 0.391. The first-order valence-corrected chi connectivity index (χ1v) is 10.4. The van der Waals surface area contributed by atoms with Crippen LogP contribution in [-0.4, -0.2) is 64.3 Å². The second kappa shape index (κ2) is 10.5. The molecule has 7 nitrogen and oxygen atoms in total. The summed E-state index contributed by atoms with van der Waals surface area (Å²) in [7, 11) is 4.72. The summed E-state index contributed by atoms with van der Waals surface area (Å²) in [6, 6.07) is 12.4. The minimum atomic E-state index is -0.444. The predicted molar refractivity (Wildman–Crippen MR) is 118 cm³/mol. The van der Waals surface area contributed by atoms with Crippen molar-refractivity contribution in [2.45, 2.75) is 5.92 Å². The molecule has 2 aromatic rings. The minimum Gasteiger partial charge on any atom is -0.493 e. The van der Waals surface area contributed by atoms with E-state index in [1.807, 2.05) is 12.1 Å². The lowest BCUT2D eigenvalue weighted by atomic mass is 9.87. The number of methoxy groups -OCH3 is 3. The van der Waals surface area contributed by atoms with E-state index in [9.17, 15) is 9.59 Å². The van der Waals surface area contributed by atoms with Gasteiger partial charge < -0.3 is 24.4 Å². The summed E-state index contributed by atoms with van der Waals surface area (Å²) >= 11 is 6.07. The van der Waals surface area contributed by atoms with Gasteiger partial charge in [0.25, 0.3) is 5.91 Å². The Hall–Kier alpha value is -2.77. The monoisotopic (exact) mass is 446 g/mol. The second-order valence-corrected chi connectivity index (χ2v) is 7.74. The maximum absolute atomic E-state index is 13.1. The summed E-state index contributed by atoms with van der Waals surface area (Å²) < 4.78 is 16.1. The SMILES string of the molecule is COCCNC(=O)[C@H]1CN(C(=O)c2cccc(Cl)c2)C[C@H]1c1cccc(OC)c1OC. The number of rotatable bonds is 8. The average molecular weight is 447 g/mol. The van der Waals surface area contributed by atoms with Gasteiger partial charge in [-0.3, -0.25) is 9.59 Å². The molecule has 1 aliphatic rings. The first kappa shape index (κ1) is 22.9. The molecule has 0 spiro atoms. The van der Waals surface area contributed by atoms with Crippen molar-refractivity contribution in [1.29, 1.82) is 0 Å². The van der Waals surface area contributed by atoms with Crippen LogP contribution in [0.15, 0.2) is 42.5 Å². The van der Waals surface area contributed by atoms with Gasteiger partial charge in [0.2, 0.25) is 5.91 Å². The normalized spacial score (nSPS) is 18.0. The highest BCUT2D eigenvalue weighted by Crippen LogP contribution is 2.42. The fourth-order valence-corrected chi connectivity index (χ4v) is 4.16. The number of halogens is 1. The molecule has 0 unspecified atom stereocenters. The van der Waals surface area contributed by atoms with Gasteiger partial charge in [-0.15, -0.1) is 0 Å². The number of nitrogens with zero attached hydrogens (tertiary/aromatic N) is 1. The number of hydrogen-bond acceptors (Lipinski definition) is 5. The molecule has 8 heteroatoms. The van der Waals surface area contributed by atoms with Crippen molar-refractivity contribution in [3.63, 3.8) is 0 Å². The molecule has 0 bridgehead atoms. The quantitative estimate of drug-likeness (QED) is 0.631. The molecule has 2 amide bonds. The molecule has 0 saturated carbocycles. The lowest BCUT2D eigenvalue weighted by Crippen LogP contribution is -2.37. The summed E-state index contributed by atoms with van der Waals surface area (Å²) in [5, 5.41) is 3.40. The lowest BCUT2D eigenvalue weighted by molar-refractivity contribution is -0.125. The Bertz CT molecular complexity index is 936. The van der Waals surface area contributed by atoms with Gasteiger partial charge in [-0.05, 0) is 24.3 Å². The Morgan fingerprint density at radius 2 is 1.87 bits per heavy atom. The zero-order valence-electron chi connectivity index (χ0n) is 17.9. The van der Waals surface area contributed by atoms with E-state index in [1.54, 1.807) is 56.6 Å². The third kappa shape index (κ3) is 5.11. The summed E-state index contributed by atoms with van der Waals surface area (Å²) in [4.78, 5) is 27.9. The van der Waals surface area contributed by atoms with Gasteiger partial charge in [-0.2, -0.15) is 0 Å². The number of nitrogens with one attached hydrogen (secondary N) is 1. The summed E-state index contributed by atoms with van der Waals surface area (Å²) in [6.45, 7) is 1.47. The number of para-hydroxylation sites is 1. The largest absolute Gasteiger partial charge is 0.493 e. The van der Waals surface area contributed by atoms with Crippen LogP contribution < -0.4 is 14.8 Å². The number of carbonyl (C=O) groups excluding carboxylic acids is 2. The zero-order chi connectivity index (χ0) is 22.4. The van der Waals surface area contributed by atoms with Crippen LogP contribution in [0.2, 0.25) is 5.02 Å². The summed E-state index contributed by atoms with van der Waals surface area (Å²) in [5.41, 5.74) is 1.32. The molecule has 0 aliphatic carbocycles. The number of carbonyl (C=O) groups is 2. The Kier molecular flexibility index (Phi) is 7.76. The highest BCUT2D eigenvalue weighted by atomic mass is 35.5. The zero-order valence-corrected chi connectivity index (χ0v) is 18.6. The van der Waals surface area contributed by atoms with E-state index in [0.717, 1.165) is 5.56 Å². The Balaban J connectivity index is 1.93. The van der Waals surface area contributed by atoms with Crippen molar-refractivity contribution in [1.82, 2.24) is 10.2 Å². The van der Waals surface area contributed by atoms with Gasteiger partial charge in [0, 0.05) is 48.8 Å². The average Bonchev–Trinajstić information content (AvgIpc) is 3.23. The van der Waals surface area contributed by atoms with Crippen molar-refractivity contribution < 1.29 is 23.8 Å². The molecule has 2 atom stereocenters. The number of ether oxygens (including phenoxy) is 3. The fourth-order valence-electron chi connectivity index (χ4n) is 3.97. The third-order valence-electron chi connectivity index (χ3n) is 5.45. The van der Waals surface area contributed by atoms with Gasteiger partial charge in [0.1, 0.15) is 0 Å². The molecule has 1 heterocycles. The van der Waals surface area contributed by atoms with Crippen molar-refractivity contribution in [3.05, 3.63) is 58.6 Å². The van der Waals surface area contributed by atoms with E-state index in [1.165, 1.54) is 0 Å². The second-order valence-electron chi connectivity index (χ2n) is 7.30. The third-order valence-corrected chi connectivity index (χ3v) is 5.69. The molecule has 1 fully saturated rings. The van der Waals surface area contributed by atoms with E-state index >= 15 is 0 Å². The molecule has 3 rings (SSSR count). The number of amides is 2. The summed E-state index contributed by atoms with van der Waals surface area (Å²) in [6.07, 6.45) is 0. The summed E-state index contributed by atoms with van der Waals surface area (Å²) in [5.74, 6) is 0.159. The highest BCUT2D eigenvalue weighted by molar-refractivity contribution is 6.30. The van der Waals surface area contributed by atoms with Crippen LogP contribution in [0.3, 0.4) is 0 Å².